The minimum Gasteiger partial charge on any atom is -0.415 e. The highest BCUT2D eigenvalue weighted by molar-refractivity contribution is 6.61. The summed E-state index contributed by atoms with van der Waals surface area (Å²) in [6.07, 6.45) is -11.6. The summed E-state index contributed by atoms with van der Waals surface area (Å²) in [7, 11) is 0. The average molecular weight is 461 g/mol. The van der Waals surface area contributed by atoms with Crippen molar-refractivity contribution < 1.29 is 45.4 Å². The summed E-state index contributed by atoms with van der Waals surface area (Å²) >= 11 is 9.94. The molecule has 29 heavy (non-hydrogen) atoms. The molecule has 0 aliphatic heterocycles. The van der Waals surface area contributed by atoms with E-state index in [1.165, 1.54) is 0 Å². The van der Waals surface area contributed by atoms with Gasteiger partial charge in [0.2, 0.25) is 5.41 Å². The summed E-state index contributed by atoms with van der Waals surface area (Å²) in [5.74, 6) is -0.701. The smallest absolute Gasteiger partial charge is 0.411 e. The monoisotopic (exact) mass is 460 g/mol. The summed E-state index contributed by atoms with van der Waals surface area (Å²) in [5, 5.41) is 0. The first kappa shape index (κ1) is 22.8. The van der Waals surface area contributed by atoms with E-state index in [2.05, 4.69) is 9.47 Å². The van der Waals surface area contributed by atoms with E-state index in [0.29, 0.717) is 24.3 Å². The first-order valence-corrected chi connectivity index (χ1v) is 8.14. The van der Waals surface area contributed by atoms with Gasteiger partial charge in [-0.1, -0.05) is 24.3 Å². The average Bonchev–Trinajstić information content (AvgIpc) is 2.55. The molecule has 4 nitrogen and oxygen atoms in total. The van der Waals surface area contributed by atoms with Crippen LogP contribution in [0, 0.1) is 0 Å². The van der Waals surface area contributed by atoms with Crippen molar-refractivity contribution in [2.45, 2.75) is 17.8 Å². The van der Waals surface area contributed by atoms with E-state index in [-0.39, 0.29) is 11.5 Å². The lowest BCUT2D eigenvalue weighted by Crippen LogP contribution is -2.54. The number of carbonyl (C=O) groups is 2. The molecule has 156 valence electrons. The van der Waals surface area contributed by atoms with Crippen molar-refractivity contribution in [3.05, 3.63) is 59.7 Å². The van der Waals surface area contributed by atoms with Crippen molar-refractivity contribution in [1.29, 1.82) is 0 Å². The Morgan fingerprint density at radius 2 is 0.897 bits per heavy atom. The van der Waals surface area contributed by atoms with Crippen LogP contribution in [0.5, 0.6) is 11.5 Å². The van der Waals surface area contributed by atoms with Crippen LogP contribution in [-0.2, 0) is 5.41 Å². The van der Waals surface area contributed by atoms with Crippen LogP contribution in [-0.4, -0.2) is 23.2 Å². The Hall–Kier alpha value is -2.46. The molecule has 0 aliphatic rings. The largest absolute Gasteiger partial charge is 0.415 e. The minimum absolute atomic E-state index is 0.351. The number of carbonyl (C=O) groups excluding carboxylic acids is 2. The lowest BCUT2D eigenvalue weighted by molar-refractivity contribution is -0.288. The summed E-state index contributed by atoms with van der Waals surface area (Å²) in [6.45, 7) is 0. The van der Waals surface area contributed by atoms with Crippen LogP contribution in [0.25, 0.3) is 0 Å². The number of hydrogen-bond acceptors (Lipinski definition) is 4. The van der Waals surface area contributed by atoms with Gasteiger partial charge in [0.15, 0.2) is 0 Å². The molecule has 0 aromatic heterocycles. The maximum atomic E-state index is 13.9. The van der Waals surface area contributed by atoms with E-state index in [9.17, 15) is 35.9 Å². The van der Waals surface area contributed by atoms with Gasteiger partial charge in [0.1, 0.15) is 11.5 Å². The van der Waals surface area contributed by atoms with Gasteiger partial charge in [-0.15, -0.1) is 0 Å². The van der Waals surface area contributed by atoms with Crippen LogP contribution >= 0.6 is 23.2 Å². The molecule has 0 saturated heterocycles. The topological polar surface area (TPSA) is 52.6 Å². The lowest BCUT2D eigenvalue weighted by atomic mass is 9.73. The number of ether oxygens (including phenoxy) is 2. The zero-order valence-corrected chi connectivity index (χ0v) is 15.3. The van der Waals surface area contributed by atoms with E-state index in [1.807, 2.05) is 0 Å². The summed E-state index contributed by atoms with van der Waals surface area (Å²) in [4.78, 5) is 21.4. The second-order valence-corrected chi connectivity index (χ2v) is 6.09. The highest BCUT2D eigenvalue weighted by atomic mass is 35.5. The first-order valence-electron chi connectivity index (χ1n) is 7.38. The van der Waals surface area contributed by atoms with Crippen LogP contribution in [0.1, 0.15) is 11.1 Å². The molecule has 0 N–H and O–H groups in total. The molecule has 2 aromatic rings. The van der Waals surface area contributed by atoms with Gasteiger partial charge < -0.3 is 9.47 Å². The fourth-order valence-corrected chi connectivity index (χ4v) is 2.89. The second-order valence-electron chi connectivity index (χ2n) is 5.47. The molecule has 0 unspecified atom stereocenters. The van der Waals surface area contributed by atoms with Gasteiger partial charge in [-0.05, 0) is 35.4 Å². The quantitative estimate of drug-likeness (QED) is 0.382. The number of benzene rings is 2. The van der Waals surface area contributed by atoms with E-state index in [1.54, 1.807) is 0 Å². The molecule has 0 amide bonds. The fourth-order valence-electron chi connectivity index (χ4n) is 2.71. The Balaban J connectivity index is 2.69. The minimum atomic E-state index is -5.82. The zero-order valence-electron chi connectivity index (χ0n) is 13.8. The van der Waals surface area contributed by atoms with Crippen LogP contribution < -0.4 is 9.47 Å². The summed E-state index contributed by atoms with van der Waals surface area (Å²) in [6, 6.07) is 5.03. The van der Waals surface area contributed by atoms with Gasteiger partial charge in [0.05, 0.1) is 0 Å². The number of rotatable bonds is 4. The predicted molar refractivity (Wildman–Crippen MR) is 89.5 cm³/mol. The third kappa shape index (κ3) is 4.59. The van der Waals surface area contributed by atoms with Gasteiger partial charge in [-0.25, -0.2) is 9.59 Å². The number of halogens is 8. The van der Waals surface area contributed by atoms with Crippen molar-refractivity contribution in [2.75, 3.05) is 0 Å². The highest BCUT2D eigenvalue weighted by Gasteiger charge is 2.72. The molecule has 0 bridgehead atoms. The van der Waals surface area contributed by atoms with E-state index in [0.717, 1.165) is 24.3 Å². The molecule has 0 radical (unpaired) electrons. The Labute approximate surface area is 168 Å². The van der Waals surface area contributed by atoms with Crippen molar-refractivity contribution in [3.63, 3.8) is 0 Å². The van der Waals surface area contributed by atoms with Gasteiger partial charge in [0.25, 0.3) is 0 Å². The van der Waals surface area contributed by atoms with Crippen molar-refractivity contribution >= 4 is 34.1 Å². The maximum Gasteiger partial charge on any atom is 0.411 e. The zero-order chi connectivity index (χ0) is 22.0. The van der Waals surface area contributed by atoms with Crippen LogP contribution in [0.2, 0.25) is 0 Å². The molecule has 0 spiro atoms. The maximum absolute atomic E-state index is 13.9. The Morgan fingerprint density at radius 1 is 0.621 bits per heavy atom. The Morgan fingerprint density at radius 3 is 1.10 bits per heavy atom. The molecule has 0 heterocycles. The second kappa shape index (κ2) is 8.11. The van der Waals surface area contributed by atoms with E-state index >= 15 is 0 Å². The van der Waals surface area contributed by atoms with Gasteiger partial charge in [-0.2, -0.15) is 26.3 Å². The van der Waals surface area contributed by atoms with E-state index in [4.69, 9.17) is 23.2 Å². The van der Waals surface area contributed by atoms with Crippen molar-refractivity contribution in [3.8, 4) is 11.5 Å². The number of hydrogen-bond donors (Lipinski definition) is 0. The molecule has 12 heteroatoms. The van der Waals surface area contributed by atoms with Crippen molar-refractivity contribution in [2.24, 2.45) is 0 Å². The standard InChI is InChI=1S/C17H8Cl2F6O4/c18-13(26)28-11-5-1-9(2-6-11)15(16(20,21)22,17(23,24)25)10-3-7-12(8-4-10)29-14(19)27/h1-8H. The molecule has 2 aromatic carbocycles. The summed E-state index contributed by atoms with van der Waals surface area (Å²) in [5.41, 5.74) is -9.43. The van der Waals surface area contributed by atoms with Crippen molar-refractivity contribution in [1.82, 2.24) is 0 Å². The molecular formula is C17H8Cl2F6O4. The molecule has 0 saturated carbocycles. The SMILES string of the molecule is O=C(Cl)Oc1ccc(C(c2ccc(OC(=O)Cl)cc2)(C(F)(F)F)C(F)(F)F)cc1. The molecule has 0 aliphatic carbocycles. The molecule has 0 fully saturated rings. The van der Waals surface area contributed by atoms with Gasteiger partial charge in [-0.3, -0.25) is 0 Å². The van der Waals surface area contributed by atoms with E-state index < -0.39 is 39.8 Å². The Kier molecular flexibility index (Phi) is 6.39. The first-order chi connectivity index (χ1) is 13.3. The predicted octanol–water partition coefficient (Wildman–Crippen LogP) is 6.57. The van der Waals surface area contributed by atoms with Gasteiger partial charge in [0, 0.05) is 23.2 Å². The molecular weight excluding hydrogens is 453 g/mol. The molecule has 2 rings (SSSR count). The van der Waals surface area contributed by atoms with Crippen LogP contribution in [0.3, 0.4) is 0 Å². The van der Waals surface area contributed by atoms with Crippen LogP contribution in [0.4, 0.5) is 35.9 Å². The highest BCUT2D eigenvalue weighted by Crippen LogP contribution is 2.56. The van der Waals surface area contributed by atoms with Crippen LogP contribution in [0.15, 0.2) is 48.5 Å². The third-order valence-corrected chi connectivity index (χ3v) is 3.98. The third-order valence-electron chi connectivity index (χ3n) is 3.82. The lowest BCUT2D eigenvalue weighted by Gasteiger charge is -2.38. The number of alkyl halides is 6. The molecule has 0 atom stereocenters. The fraction of sp³-hybridized carbons (Fsp3) is 0.176. The normalized spacial score (nSPS) is 12.4. The van der Waals surface area contributed by atoms with Gasteiger partial charge >= 0.3 is 23.2 Å². The summed E-state index contributed by atoms with van der Waals surface area (Å²) < 4.78 is 92.4. The Bertz CT molecular complexity index is 817.